The number of oxazole rings is 1. The smallest absolute Gasteiger partial charge is 0.192 e. The summed E-state index contributed by atoms with van der Waals surface area (Å²) in [7, 11) is 0. The van der Waals surface area contributed by atoms with E-state index >= 15 is 0 Å². The molecule has 0 fully saturated rings. The maximum atomic E-state index is 5.10. The molecule has 0 aliphatic carbocycles. The molecule has 44 valence electrons. The summed E-state index contributed by atoms with van der Waals surface area (Å²) in [6.07, 6.45) is 0. The molecule has 0 aromatic carbocycles. The van der Waals surface area contributed by atoms with E-state index in [4.69, 9.17) is 4.42 Å². The molecule has 0 saturated heterocycles. The molecular weight excluding hydrogens is 217 g/mol. The van der Waals surface area contributed by atoms with E-state index in [1.807, 2.05) is 13.8 Å². The van der Waals surface area contributed by atoms with Crippen LogP contribution in [-0.2, 0) is 0 Å². The van der Waals surface area contributed by atoms with Gasteiger partial charge in [-0.2, -0.15) is 0 Å². The average molecular weight is 223 g/mol. The summed E-state index contributed by atoms with van der Waals surface area (Å²) in [6, 6.07) is 0. The zero-order valence-electron chi connectivity index (χ0n) is 4.73. The number of aryl methyl sites for hydroxylation is 2. The number of nitrogens with zero attached hydrogens (tertiary/aromatic N) is 1. The molecule has 1 aromatic rings. The maximum absolute atomic E-state index is 5.10. The van der Waals surface area contributed by atoms with Crippen molar-refractivity contribution < 1.29 is 4.42 Å². The molecule has 0 radical (unpaired) electrons. The second-order valence-corrected chi connectivity index (χ2v) is 2.60. The van der Waals surface area contributed by atoms with Crippen molar-refractivity contribution in [3.63, 3.8) is 0 Å². The molecular formula is C5H6INO. The summed E-state index contributed by atoms with van der Waals surface area (Å²) in [5.74, 6) is 1.65. The number of halogens is 1. The number of hydrogen-bond acceptors (Lipinski definition) is 2. The fourth-order valence-corrected chi connectivity index (χ4v) is 0.953. The SMILES string of the molecule is Cc1nc(I)c(C)o1. The first-order valence-corrected chi connectivity index (χ1v) is 3.37. The highest BCUT2D eigenvalue weighted by Gasteiger charge is 1.99. The molecule has 0 amide bonds. The Hall–Kier alpha value is -0.0600. The monoisotopic (exact) mass is 223 g/mol. The topological polar surface area (TPSA) is 26.0 Å². The van der Waals surface area contributed by atoms with Crippen molar-refractivity contribution >= 4 is 22.6 Å². The van der Waals surface area contributed by atoms with Crippen molar-refractivity contribution in [1.82, 2.24) is 4.98 Å². The van der Waals surface area contributed by atoms with E-state index < -0.39 is 0 Å². The predicted molar refractivity (Wildman–Crippen MR) is 38.7 cm³/mol. The van der Waals surface area contributed by atoms with E-state index in [2.05, 4.69) is 27.6 Å². The van der Waals surface area contributed by atoms with Crippen molar-refractivity contribution in [1.29, 1.82) is 0 Å². The van der Waals surface area contributed by atoms with Crippen LogP contribution in [0.5, 0.6) is 0 Å². The van der Waals surface area contributed by atoms with Gasteiger partial charge < -0.3 is 4.42 Å². The lowest BCUT2D eigenvalue weighted by molar-refractivity contribution is 0.493. The maximum Gasteiger partial charge on any atom is 0.192 e. The number of aromatic nitrogens is 1. The molecule has 1 heterocycles. The normalized spacial score (nSPS) is 9.88. The van der Waals surface area contributed by atoms with E-state index in [1.165, 1.54) is 0 Å². The minimum atomic E-state index is 0.743. The van der Waals surface area contributed by atoms with E-state index in [9.17, 15) is 0 Å². The van der Waals surface area contributed by atoms with Crippen LogP contribution in [0.2, 0.25) is 0 Å². The molecule has 0 N–H and O–H groups in total. The van der Waals surface area contributed by atoms with E-state index in [-0.39, 0.29) is 0 Å². The van der Waals surface area contributed by atoms with Crippen LogP contribution in [0.25, 0.3) is 0 Å². The minimum Gasteiger partial charge on any atom is -0.445 e. The van der Waals surface area contributed by atoms with Gasteiger partial charge in [-0.3, -0.25) is 0 Å². The Morgan fingerprint density at radius 2 is 2.12 bits per heavy atom. The molecule has 1 aromatic heterocycles. The highest BCUT2D eigenvalue weighted by Crippen LogP contribution is 2.09. The van der Waals surface area contributed by atoms with Gasteiger partial charge in [-0.05, 0) is 29.5 Å². The Labute approximate surface area is 61.4 Å². The van der Waals surface area contributed by atoms with Crippen LogP contribution in [0.15, 0.2) is 4.42 Å². The number of hydrogen-bond donors (Lipinski definition) is 0. The van der Waals surface area contributed by atoms with Crippen LogP contribution in [0, 0.1) is 17.5 Å². The first kappa shape index (κ1) is 6.07. The first-order chi connectivity index (χ1) is 3.70. The lowest BCUT2D eigenvalue weighted by Gasteiger charge is -1.75. The van der Waals surface area contributed by atoms with Gasteiger partial charge in [-0.15, -0.1) is 0 Å². The molecule has 0 bridgehead atoms. The van der Waals surface area contributed by atoms with Gasteiger partial charge in [-0.25, -0.2) is 4.98 Å². The van der Waals surface area contributed by atoms with Crippen LogP contribution in [0.4, 0.5) is 0 Å². The van der Waals surface area contributed by atoms with Crippen LogP contribution < -0.4 is 0 Å². The third-order valence-electron chi connectivity index (χ3n) is 0.847. The molecule has 8 heavy (non-hydrogen) atoms. The van der Waals surface area contributed by atoms with Crippen LogP contribution in [0.3, 0.4) is 0 Å². The Bertz CT molecular complexity index is 175. The van der Waals surface area contributed by atoms with Gasteiger partial charge in [0.1, 0.15) is 9.46 Å². The molecule has 0 aliphatic rings. The Balaban J connectivity index is 3.14. The molecule has 0 saturated carbocycles. The molecule has 0 spiro atoms. The fraction of sp³-hybridized carbons (Fsp3) is 0.400. The molecule has 0 unspecified atom stereocenters. The standard InChI is InChI=1S/C5H6INO/c1-3-5(6)7-4(2)8-3/h1-2H3. The second kappa shape index (κ2) is 2.05. The summed E-state index contributed by atoms with van der Waals surface area (Å²) in [5, 5.41) is 0. The van der Waals surface area contributed by atoms with Crippen LogP contribution >= 0.6 is 22.6 Å². The summed E-state index contributed by atoms with van der Waals surface area (Å²) in [6.45, 7) is 3.75. The molecule has 0 aliphatic heterocycles. The van der Waals surface area contributed by atoms with E-state index in [1.54, 1.807) is 0 Å². The minimum absolute atomic E-state index is 0.743. The first-order valence-electron chi connectivity index (χ1n) is 2.29. The Morgan fingerprint density at radius 1 is 1.50 bits per heavy atom. The molecule has 3 heteroatoms. The van der Waals surface area contributed by atoms with Gasteiger partial charge in [0, 0.05) is 6.92 Å². The van der Waals surface area contributed by atoms with Gasteiger partial charge in [0.25, 0.3) is 0 Å². The zero-order chi connectivity index (χ0) is 6.15. The average Bonchev–Trinajstić information content (AvgIpc) is 1.85. The van der Waals surface area contributed by atoms with Gasteiger partial charge in [-0.1, -0.05) is 0 Å². The third kappa shape index (κ3) is 1.02. The van der Waals surface area contributed by atoms with Gasteiger partial charge >= 0.3 is 0 Å². The molecule has 0 atom stereocenters. The summed E-state index contributed by atoms with van der Waals surface area (Å²) in [5.41, 5.74) is 0. The van der Waals surface area contributed by atoms with E-state index in [0.717, 1.165) is 15.4 Å². The van der Waals surface area contributed by atoms with Gasteiger partial charge in [0.15, 0.2) is 5.89 Å². The molecule has 1 rings (SSSR count). The molecule has 2 nitrogen and oxygen atoms in total. The lowest BCUT2D eigenvalue weighted by Crippen LogP contribution is -1.70. The predicted octanol–water partition coefficient (Wildman–Crippen LogP) is 1.90. The quantitative estimate of drug-likeness (QED) is 0.627. The van der Waals surface area contributed by atoms with Crippen molar-refractivity contribution in [3.05, 3.63) is 15.4 Å². The zero-order valence-corrected chi connectivity index (χ0v) is 6.89. The van der Waals surface area contributed by atoms with Crippen molar-refractivity contribution in [3.8, 4) is 0 Å². The fourth-order valence-electron chi connectivity index (χ4n) is 0.503. The van der Waals surface area contributed by atoms with Crippen LogP contribution in [0.1, 0.15) is 11.7 Å². The van der Waals surface area contributed by atoms with Gasteiger partial charge in [0.05, 0.1) is 0 Å². The lowest BCUT2D eigenvalue weighted by atomic mass is 10.6. The summed E-state index contributed by atoms with van der Waals surface area (Å²) < 4.78 is 6.05. The van der Waals surface area contributed by atoms with Crippen molar-refractivity contribution in [2.45, 2.75) is 13.8 Å². The van der Waals surface area contributed by atoms with Crippen molar-refractivity contribution in [2.75, 3.05) is 0 Å². The second-order valence-electron chi connectivity index (χ2n) is 1.58. The van der Waals surface area contributed by atoms with E-state index in [0.29, 0.717) is 0 Å². The highest BCUT2D eigenvalue weighted by atomic mass is 127. The summed E-state index contributed by atoms with van der Waals surface area (Å²) >= 11 is 2.14. The summed E-state index contributed by atoms with van der Waals surface area (Å²) in [4.78, 5) is 4.03. The highest BCUT2D eigenvalue weighted by molar-refractivity contribution is 14.1. The van der Waals surface area contributed by atoms with Gasteiger partial charge in [0.2, 0.25) is 0 Å². The largest absolute Gasteiger partial charge is 0.445 e. The Morgan fingerprint density at radius 3 is 2.25 bits per heavy atom. The van der Waals surface area contributed by atoms with Crippen molar-refractivity contribution in [2.24, 2.45) is 0 Å². The third-order valence-corrected chi connectivity index (χ3v) is 1.85. The van der Waals surface area contributed by atoms with Crippen LogP contribution in [-0.4, -0.2) is 4.98 Å². The number of rotatable bonds is 0. The Kier molecular flexibility index (Phi) is 1.55.